The van der Waals surface area contributed by atoms with Crippen molar-refractivity contribution in [1.29, 1.82) is 0 Å². The second kappa shape index (κ2) is 7.77. The van der Waals surface area contributed by atoms with Crippen LogP contribution in [0.2, 0.25) is 0 Å². The summed E-state index contributed by atoms with van der Waals surface area (Å²) in [6.45, 7) is 0.156. The van der Waals surface area contributed by atoms with E-state index in [-0.39, 0.29) is 6.54 Å². The fourth-order valence-corrected chi connectivity index (χ4v) is 3.30. The molecule has 0 aliphatic carbocycles. The molecule has 0 radical (unpaired) electrons. The van der Waals surface area contributed by atoms with E-state index in [2.05, 4.69) is 5.32 Å². The van der Waals surface area contributed by atoms with Crippen LogP contribution < -0.4 is 10.1 Å². The Morgan fingerprint density at radius 1 is 0.963 bits per heavy atom. The van der Waals surface area contributed by atoms with Gasteiger partial charge in [-0.2, -0.15) is 0 Å². The van der Waals surface area contributed by atoms with Crippen molar-refractivity contribution in [3.63, 3.8) is 0 Å². The van der Waals surface area contributed by atoms with Gasteiger partial charge in [0, 0.05) is 14.2 Å². The number of hydrogen-bond acceptors (Lipinski definition) is 5. The molecule has 3 amide bonds. The molecule has 0 spiro atoms. The van der Waals surface area contributed by atoms with Gasteiger partial charge in [0.05, 0.1) is 13.7 Å². The minimum Gasteiger partial charge on any atom is -0.497 e. The summed E-state index contributed by atoms with van der Waals surface area (Å²) in [5.74, 6) is 0.202. The SMILES string of the molecule is COc1ccc(C2(C(OC)OC)NC(=O)N(Cc3ccccc3)C2=O)cc1. The monoisotopic (exact) mass is 370 g/mol. The van der Waals surface area contributed by atoms with Gasteiger partial charge in [0.25, 0.3) is 5.91 Å². The van der Waals surface area contributed by atoms with Crippen LogP contribution in [0.15, 0.2) is 54.6 Å². The molecule has 1 aliphatic heterocycles. The first kappa shape index (κ1) is 18.9. The number of rotatable bonds is 7. The first-order chi connectivity index (χ1) is 13.1. The fourth-order valence-electron chi connectivity index (χ4n) is 3.30. The van der Waals surface area contributed by atoms with E-state index in [9.17, 15) is 9.59 Å². The molecule has 3 rings (SSSR count). The van der Waals surface area contributed by atoms with Crippen molar-refractivity contribution < 1.29 is 23.8 Å². The smallest absolute Gasteiger partial charge is 0.325 e. The van der Waals surface area contributed by atoms with Crippen LogP contribution in [0.4, 0.5) is 4.79 Å². The molecule has 0 aromatic heterocycles. The van der Waals surface area contributed by atoms with E-state index in [0.29, 0.717) is 11.3 Å². The Morgan fingerprint density at radius 3 is 2.15 bits per heavy atom. The van der Waals surface area contributed by atoms with Crippen molar-refractivity contribution in [2.75, 3.05) is 21.3 Å². The van der Waals surface area contributed by atoms with Crippen molar-refractivity contribution in [2.24, 2.45) is 0 Å². The van der Waals surface area contributed by atoms with E-state index < -0.39 is 23.8 Å². The lowest BCUT2D eigenvalue weighted by molar-refractivity contribution is -0.170. The Balaban J connectivity index is 2.02. The van der Waals surface area contributed by atoms with Gasteiger partial charge >= 0.3 is 6.03 Å². The minimum absolute atomic E-state index is 0.156. The third kappa shape index (κ3) is 3.27. The highest BCUT2D eigenvalue weighted by Gasteiger charge is 2.58. The van der Waals surface area contributed by atoms with Crippen LogP contribution in [0.3, 0.4) is 0 Å². The molecule has 7 nitrogen and oxygen atoms in total. The van der Waals surface area contributed by atoms with Gasteiger partial charge in [-0.3, -0.25) is 9.69 Å². The summed E-state index contributed by atoms with van der Waals surface area (Å²) in [4.78, 5) is 27.3. The molecule has 2 aromatic carbocycles. The van der Waals surface area contributed by atoms with Gasteiger partial charge in [0.1, 0.15) is 5.75 Å². The Hall–Kier alpha value is -2.90. The lowest BCUT2D eigenvalue weighted by Crippen LogP contribution is -2.55. The van der Waals surface area contributed by atoms with Gasteiger partial charge in [-0.15, -0.1) is 0 Å². The van der Waals surface area contributed by atoms with Crippen LogP contribution in [0.25, 0.3) is 0 Å². The van der Waals surface area contributed by atoms with E-state index in [4.69, 9.17) is 14.2 Å². The Labute approximate surface area is 157 Å². The summed E-state index contributed by atoms with van der Waals surface area (Å²) in [5, 5.41) is 2.79. The second-order valence-corrected chi connectivity index (χ2v) is 6.15. The van der Waals surface area contributed by atoms with E-state index in [1.165, 1.54) is 19.1 Å². The highest BCUT2D eigenvalue weighted by Crippen LogP contribution is 2.36. The van der Waals surface area contributed by atoms with Crippen molar-refractivity contribution in [3.8, 4) is 5.75 Å². The second-order valence-electron chi connectivity index (χ2n) is 6.15. The summed E-state index contributed by atoms with van der Waals surface area (Å²) in [7, 11) is 4.42. The summed E-state index contributed by atoms with van der Waals surface area (Å²) in [5.41, 5.74) is -0.0921. The fraction of sp³-hybridized carbons (Fsp3) is 0.300. The summed E-state index contributed by atoms with van der Waals surface area (Å²) in [6, 6.07) is 15.7. The third-order valence-corrected chi connectivity index (χ3v) is 4.64. The van der Waals surface area contributed by atoms with Crippen LogP contribution in [-0.4, -0.2) is 44.5 Å². The van der Waals surface area contributed by atoms with E-state index >= 15 is 0 Å². The quantitative estimate of drug-likeness (QED) is 0.598. The summed E-state index contributed by atoms with van der Waals surface area (Å²) >= 11 is 0. The van der Waals surface area contributed by atoms with Crippen LogP contribution >= 0.6 is 0 Å². The number of hydrogen-bond donors (Lipinski definition) is 1. The van der Waals surface area contributed by atoms with Gasteiger partial charge < -0.3 is 19.5 Å². The largest absolute Gasteiger partial charge is 0.497 e. The average molecular weight is 370 g/mol. The molecule has 27 heavy (non-hydrogen) atoms. The molecule has 1 saturated heterocycles. The lowest BCUT2D eigenvalue weighted by Gasteiger charge is -2.33. The molecule has 1 unspecified atom stereocenters. The van der Waals surface area contributed by atoms with Gasteiger partial charge in [0.2, 0.25) is 0 Å². The predicted molar refractivity (Wildman–Crippen MR) is 98.0 cm³/mol. The molecule has 1 aliphatic rings. The van der Waals surface area contributed by atoms with Gasteiger partial charge in [-0.25, -0.2) is 4.79 Å². The van der Waals surface area contributed by atoms with E-state index in [1.807, 2.05) is 30.3 Å². The number of methoxy groups -OCH3 is 3. The molecule has 7 heteroatoms. The molecule has 0 saturated carbocycles. The molecule has 1 atom stereocenters. The van der Waals surface area contributed by atoms with Gasteiger partial charge in [0.15, 0.2) is 11.8 Å². The standard InChI is InChI=1S/C20H22N2O5/c1-25-16-11-9-15(10-12-16)20(18(26-2)27-3)17(23)22(19(24)21-20)13-14-7-5-4-6-8-14/h4-12,18H,13H2,1-3H3,(H,21,24). The van der Waals surface area contributed by atoms with Gasteiger partial charge in [-0.05, 0) is 23.3 Å². The maximum atomic E-state index is 13.4. The van der Waals surface area contributed by atoms with E-state index in [0.717, 1.165) is 5.56 Å². The normalized spacial score (nSPS) is 19.5. The number of nitrogens with zero attached hydrogens (tertiary/aromatic N) is 1. The predicted octanol–water partition coefficient (Wildman–Crippen LogP) is 2.26. The molecule has 142 valence electrons. The molecule has 1 heterocycles. The molecule has 1 fully saturated rings. The number of nitrogens with one attached hydrogen (secondary N) is 1. The van der Waals surface area contributed by atoms with Crippen LogP contribution in [0.5, 0.6) is 5.75 Å². The number of urea groups is 1. The van der Waals surface area contributed by atoms with Crippen molar-refractivity contribution >= 4 is 11.9 Å². The molecule has 2 aromatic rings. The number of carbonyl (C=O) groups is 2. The van der Waals surface area contributed by atoms with Crippen LogP contribution in [0.1, 0.15) is 11.1 Å². The minimum atomic E-state index is -1.48. The molecule has 1 N–H and O–H groups in total. The van der Waals surface area contributed by atoms with Crippen LogP contribution in [0, 0.1) is 0 Å². The Bertz CT molecular complexity index is 805. The maximum Gasteiger partial charge on any atom is 0.325 e. The zero-order chi connectivity index (χ0) is 19.4. The van der Waals surface area contributed by atoms with Crippen molar-refractivity contribution in [3.05, 3.63) is 65.7 Å². The number of benzene rings is 2. The number of amides is 3. The molecule has 0 bridgehead atoms. The number of ether oxygens (including phenoxy) is 3. The highest BCUT2D eigenvalue weighted by atomic mass is 16.7. The average Bonchev–Trinajstić information content (AvgIpc) is 2.95. The highest BCUT2D eigenvalue weighted by molar-refractivity contribution is 6.07. The van der Waals surface area contributed by atoms with Crippen molar-refractivity contribution in [1.82, 2.24) is 10.2 Å². The maximum absolute atomic E-state index is 13.4. The Kier molecular flexibility index (Phi) is 5.43. The van der Waals surface area contributed by atoms with Crippen LogP contribution in [-0.2, 0) is 26.4 Å². The summed E-state index contributed by atoms with van der Waals surface area (Å²) in [6.07, 6.45) is -0.997. The lowest BCUT2D eigenvalue weighted by atomic mass is 9.88. The summed E-state index contributed by atoms with van der Waals surface area (Å²) < 4.78 is 16.0. The Morgan fingerprint density at radius 2 is 1.59 bits per heavy atom. The topological polar surface area (TPSA) is 77.1 Å². The van der Waals surface area contributed by atoms with E-state index in [1.54, 1.807) is 31.4 Å². The molecular weight excluding hydrogens is 348 g/mol. The third-order valence-electron chi connectivity index (χ3n) is 4.64. The zero-order valence-corrected chi connectivity index (χ0v) is 15.5. The zero-order valence-electron chi connectivity index (χ0n) is 15.5. The number of carbonyl (C=O) groups excluding carboxylic acids is 2. The first-order valence-corrected chi connectivity index (χ1v) is 8.45. The van der Waals surface area contributed by atoms with Gasteiger partial charge in [-0.1, -0.05) is 42.5 Å². The first-order valence-electron chi connectivity index (χ1n) is 8.45. The van der Waals surface area contributed by atoms with Crippen molar-refractivity contribution in [2.45, 2.75) is 18.4 Å². The number of imide groups is 1. The molecular formula is C20H22N2O5.